The maximum Gasteiger partial charge on any atom is 0.260 e. The summed E-state index contributed by atoms with van der Waals surface area (Å²) >= 11 is 3.50. The van der Waals surface area contributed by atoms with Gasteiger partial charge in [-0.05, 0) is 58.7 Å². The first kappa shape index (κ1) is 18.6. The van der Waals surface area contributed by atoms with E-state index in [0.29, 0.717) is 32.1 Å². The number of morpholine rings is 1. The first-order chi connectivity index (χ1) is 12.6. The molecule has 1 amide bonds. The Morgan fingerprint density at radius 1 is 1.23 bits per heavy atom. The lowest BCUT2D eigenvalue weighted by Crippen LogP contribution is -2.43. The highest BCUT2D eigenvalue weighted by atomic mass is 79.9. The maximum atomic E-state index is 12.1. The second kappa shape index (κ2) is 8.96. The molecule has 26 heavy (non-hydrogen) atoms. The van der Waals surface area contributed by atoms with Crippen molar-refractivity contribution in [2.45, 2.75) is 6.92 Å². The van der Waals surface area contributed by atoms with Gasteiger partial charge in [-0.3, -0.25) is 9.79 Å². The van der Waals surface area contributed by atoms with Crippen molar-refractivity contribution in [1.29, 1.82) is 0 Å². The molecule has 2 aromatic carbocycles. The van der Waals surface area contributed by atoms with Gasteiger partial charge in [0.25, 0.3) is 5.91 Å². The van der Waals surface area contributed by atoms with Crippen molar-refractivity contribution in [3.8, 4) is 5.75 Å². The summed E-state index contributed by atoms with van der Waals surface area (Å²) in [4.78, 5) is 18.4. The molecule has 1 aliphatic rings. The number of amides is 1. The van der Waals surface area contributed by atoms with Crippen LogP contribution >= 0.6 is 15.9 Å². The number of aliphatic imine (C=N–C) groups is 1. The van der Waals surface area contributed by atoms with E-state index in [1.807, 2.05) is 49.4 Å². The van der Waals surface area contributed by atoms with Crippen LogP contribution in [0, 0.1) is 6.92 Å². The van der Waals surface area contributed by atoms with Crippen LogP contribution in [0.1, 0.15) is 11.1 Å². The number of benzene rings is 2. The molecule has 0 atom stereocenters. The minimum absolute atomic E-state index is 0.0230. The van der Waals surface area contributed by atoms with Crippen LogP contribution < -0.4 is 4.74 Å². The Bertz CT molecular complexity index is 784. The molecule has 5 nitrogen and oxygen atoms in total. The lowest BCUT2D eigenvalue weighted by molar-refractivity contribution is -0.137. The van der Waals surface area contributed by atoms with Gasteiger partial charge in [-0.1, -0.05) is 17.7 Å². The summed E-state index contributed by atoms with van der Waals surface area (Å²) in [5.41, 5.74) is 3.06. The number of ether oxygens (including phenoxy) is 2. The Hall–Kier alpha value is -2.18. The number of rotatable bonds is 5. The summed E-state index contributed by atoms with van der Waals surface area (Å²) in [5, 5.41) is 0. The van der Waals surface area contributed by atoms with Crippen molar-refractivity contribution in [2.24, 2.45) is 4.99 Å². The molecule has 0 bridgehead atoms. The Labute approximate surface area is 161 Å². The third-order valence-corrected chi connectivity index (χ3v) is 4.69. The molecule has 1 fully saturated rings. The lowest BCUT2D eigenvalue weighted by atomic mass is 10.2. The molecule has 0 N–H and O–H groups in total. The van der Waals surface area contributed by atoms with Gasteiger partial charge in [0, 0.05) is 19.3 Å². The highest BCUT2D eigenvalue weighted by Crippen LogP contribution is 2.26. The molecule has 1 saturated heterocycles. The van der Waals surface area contributed by atoms with E-state index >= 15 is 0 Å². The molecule has 6 heteroatoms. The first-order valence-corrected chi connectivity index (χ1v) is 9.30. The van der Waals surface area contributed by atoms with Crippen molar-refractivity contribution in [2.75, 3.05) is 32.9 Å². The molecule has 0 saturated carbocycles. The van der Waals surface area contributed by atoms with E-state index in [0.717, 1.165) is 15.7 Å². The van der Waals surface area contributed by atoms with Crippen LogP contribution in [0.3, 0.4) is 0 Å². The van der Waals surface area contributed by atoms with Crippen LogP contribution in [0.5, 0.6) is 5.75 Å². The molecular formula is C20H21BrN2O3. The molecule has 2 aromatic rings. The van der Waals surface area contributed by atoms with Gasteiger partial charge in [-0.2, -0.15) is 0 Å². The summed E-state index contributed by atoms with van der Waals surface area (Å²) in [5.74, 6) is 0.615. The molecule has 3 rings (SSSR count). The van der Waals surface area contributed by atoms with Gasteiger partial charge >= 0.3 is 0 Å². The van der Waals surface area contributed by atoms with Gasteiger partial charge in [0.05, 0.1) is 23.4 Å². The fraction of sp³-hybridized carbons (Fsp3) is 0.300. The number of carbonyl (C=O) groups is 1. The van der Waals surface area contributed by atoms with Crippen molar-refractivity contribution in [3.05, 3.63) is 58.1 Å². The maximum absolute atomic E-state index is 12.1. The molecular weight excluding hydrogens is 396 g/mol. The van der Waals surface area contributed by atoms with Crippen LogP contribution in [0.4, 0.5) is 5.69 Å². The number of nitrogens with zero attached hydrogens (tertiary/aromatic N) is 2. The average Bonchev–Trinajstić information content (AvgIpc) is 2.67. The zero-order valence-electron chi connectivity index (χ0n) is 14.7. The number of hydrogen-bond acceptors (Lipinski definition) is 4. The zero-order valence-corrected chi connectivity index (χ0v) is 16.2. The second-order valence-electron chi connectivity index (χ2n) is 6.07. The first-order valence-electron chi connectivity index (χ1n) is 8.50. The van der Waals surface area contributed by atoms with E-state index in [1.54, 1.807) is 11.1 Å². The molecule has 136 valence electrons. The Morgan fingerprint density at radius 3 is 2.65 bits per heavy atom. The quantitative estimate of drug-likeness (QED) is 0.697. The summed E-state index contributed by atoms with van der Waals surface area (Å²) in [6.45, 7) is 4.49. The molecule has 0 aromatic heterocycles. The SMILES string of the molecule is Cc1ccc(N=Cc2ccc(OCC(=O)N3CCOCC3)c(Br)c2)cc1. The largest absolute Gasteiger partial charge is 0.483 e. The van der Waals surface area contributed by atoms with E-state index < -0.39 is 0 Å². The van der Waals surface area contributed by atoms with E-state index in [4.69, 9.17) is 9.47 Å². The van der Waals surface area contributed by atoms with E-state index in [2.05, 4.69) is 20.9 Å². The van der Waals surface area contributed by atoms with Crippen molar-refractivity contribution in [3.63, 3.8) is 0 Å². The summed E-state index contributed by atoms with van der Waals surface area (Å²) in [6, 6.07) is 13.7. The van der Waals surface area contributed by atoms with Gasteiger partial charge in [0.1, 0.15) is 5.75 Å². The van der Waals surface area contributed by atoms with Crippen molar-refractivity contribution < 1.29 is 14.3 Å². The van der Waals surface area contributed by atoms with Gasteiger partial charge in [0.15, 0.2) is 6.61 Å². The van der Waals surface area contributed by atoms with Crippen LogP contribution in [0.2, 0.25) is 0 Å². The normalized spacial score (nSPS) is 14.6. The van der Waals surface area contributed by atoms with Crippen molar-refractivity contribution >= 4 is 33.7 Å². The fourth-order valence-corrected chi connectivity index (χ4v) is 3.05. The molecule has 1 heterocycles. The highest BCUT2D eigenvalue weighted by Gasteiger charge is 2.17. The van der Waals surface area contributed by atoms with Crippen LogP contribution in [0.25, 0.3) is 0 Å². The summed E-state index contributed by atoms with van der Waals surface area (Å²) in [6.07, 6.45) is 1.80. The monoisotopic (exact) mass is 416 g/mol. The van der Waals surface area contributed by atoms with Crippen LogP contribution in [-0.4, -0.2) is 49.9 Å². The molecule has 0 spiro atoms. The third kappa shape index (κ3) is 5.16. The number of carbonyl (C=O) groups excluding carboxylic acids is 1. The van der Waals surface area contributed by atoms with Gasteiger partial charge < -0.3 is 14.4 Å². The molecule has 0 radical (unpaired) electrons. The lowest BCUT2D eigenvalue weighted by Gasteiger charge is -2.26. The van der Waals surface area contributed by atoms with Crippen molar-refractivity contribution in [1.82, 2.24) is 4.90 Å². The smallest absolute Gasteiger partial charge is 0.260 e. The van der Waals surface area contributed by atoms with E-state index in [-0.39, 0.29) is 12.5 Å². The molecule has 1 aliphatic heterocycles. The minimum Gasteiger partial charge on any atom is -0.483 e. The Balaban J connectivity index is 1.58. The highest BCUT2D eigenvalue weighted by molar-refractivity contribution is 9.10. The van der Waals surface area contributed by atoms with Crippen LogP contribution in [0.15, 0.2) is 51.9 Å². The number of aryl methyl sites for hydroxylation is 1. The van der Waals surface area contributed by atoms with Gasteiger partial charge in [0.2, 0.25) is 0 Å². The zero-order chi connectivity index (χ0) is 18.4. The number of hydrogen-bond donors (Lipinski definition) is 0. The van der Waals surface area contributed by atoms with E-state index in [1.165, 1.54) is 5.56 Å². The Morgan fingerprint density at radius 2 is 1.96 bits per heavy atom. The van der Waals surface area contributed by atoms with E-state index in [9.17, 15) is 4.79 Å². The van der Waals surface area contributed by atoms with Gasteiger partial charge in [-0.25, -0.2) is 0 Å². The third-order valence-electron chi connectivity index (χ3n) is 4.07. The molecule has 0 unspecified atom stereocenters. The average molecular weight is 417 g/mol. The predicted octanol–water partition coefficient (Wildman–Crippen LogP) is 3.75. The predicted molar refractivity (Wildman–Crippen MR) is 105 cm³/mol. The van der Waals surface area contributed by atoms with Crippen LogP contribution in [-0.2, 0) is 9.53 Å². The number of halogens is 1. The topological polar surface area (TPSA) is 51.1 Å². The minimum atomic E-state index is -0.0230. The fourth-order valence-electron chi connectivity index (χ4n) is 2.54. The van der Waals surface area contributed by atoms with Gasteiger partial charge in [-0.15, -0.1) is 0 Å². The Kier molecular flexibility index (Phi) is 6.41. The summed E-state index contributed by atoms with van der Waals surface area (Å²) < 4.78 is 11.7. The standard InChI is InChI=1S/C20H21BrN2O3/c1-15-2-5-17(6-3-15)22-13-16-4-7-19(18(21)12-16)26-14-20(24)23-8-10-25-11-9-23/h2-7,12-13H,8-11,14H2,1H3. The molecule has 0 aliphatic carbocycles. The summed E-state index contributed by atoms with van der Waals surface area (Å²) in [7, 11) is 0. The second-order valence-corrected chi connectivity index (χ2v) is 6.92.